The largest absolute Gasteiger partial charge is 0.418 e. The molecule has 3 aromatic carbocycles. The second-order valence-corrected chi connectivity index (χ2v) is 11.9. The normalized spacial score (nSPS) is 24.2. The molecule has 0 amide bonds. The molecule has 4 heterocycles. The summed E-state index contributed by atoms with van der Waals surface area (Å²) in [7, 11) is 0. The summed E-state index contributed by atoms with van der Waals surface area (Å²) < 4.78 is 99.2. The van der Waals surface area contributed by atoms with Gasteiger partial charge in [0, 0.05) is 22.3 Å². The van der Waals surface area contributed by atoms with Crippen molar-refractivity contribution < 1.29 is 46.0 Å². The van der Waals surface area contributed by atoms with Crippen LogP contribution >= 0.6 is 11.6 Å². The Kier molecular flexibility index (Phi) is 8.07. The summed E-state index contributed by atoms with van der Waals surface area (Å²) in [5.74, 6) is -4.70. The number of aryl methyl sites for hydroxylation is 1. The van der Waals surface area contributed by atoms with Gasteiger partial charge < -0.3 is 19.7 Å². The maximum absolute atomic E-state index is 14.4. The fourth-order valence-electron chi connectivity index (χ4n) is 6.21. The maximum atomic E-state index is 14.4. The fraction of sp³-hybridized carbons (Fsp3) is 0.281. The molecule has 2 aliphatic rings. The third-order valence-corrected chi connectivity index (χ3v) is 8.56. The third-order valence-electron chi connectivity index (χ3n) is 8.33. The molecule has 250 valence electrons. The first-order valence-corrected chi connectivity index (χ1v) is 14.9. The highest BCUT2D eigenvalue weighted by molar-refractivity contribution is 6.30. The number of halogens is 7. The average molecular weight is 692 g/mol. The Hall–Kier alpha value is -4.28. The number of alkyl halides is 3. The van der Waals surface area contributed by atoms with Crippen molar-refractivity contribution in [2.24, 2.45) is 0 Å². The van der Waals surface area contributed by atoms with E-state index in [1.54, 1.807) is 30.3 Å². The van der Waals surface area contributed by atoms with Crippen LogP contribution in [0.4, 0.5) is 26.3 Å². The molecule has 0 spiro atoms. The van der Waals surface area contributed by atoms with Crippen LogP contribution in [0.1, 0.15) is 29.4 Å². The Balaban J connectivity index is 1.38. The Labute approximate surface area is 272 Å². The molecule has 9 nitrogen and oxygen atoms in total. The Bertz CT molecular complexity index is 1980. The summed E-state index contributed by atoms with van der Waals surface area (Å²) in [6, 6.07) is 11.9. The quantitative estimate of drug-likeness (QED) is 0.172. The molecule has 2 N–H and O–H groups in total. The predicted octanol–water partition coefficient (Wildman–Crippen LogP) is 6.00. The van der Waals surface area contributed by atoms with Crippen molar-refractivity contribution in [3.8, 4) is 28.1 Å². The van der Waals surface area contributed by atoms with Crippen molar-refractivity contribution in [1.82, 2.24) is 24.5 Å². The number of benzene rings is 3. The minimum atomic E-state index is -4.81. The highest BCUT2D eigenvalue weighted by Crippen LogP contribution is 2.45. The van der Waals surface area contributed by atoms with Crippen LogP contribution in [0.3, 0.4) is 0 Å². The minimum absolute atomic E-state index is 0.0223. The van der Waals surface area contributed by atoms with Crippen LogP contribution in [0.25, 0.3) is 28.1 Å². The molecule has 3 unspecified atom stereocenters. The lowest BCUT2D eigenvalue weighted by atomic mass is 9.91. The molecule has 48 heavy (non-hydrogen) atoms. The lowest BCUT2D eigenvalue weighted by Gasteiger charge is -2.41. The van der Waals surface area contributed by atoms with Gasteiger partial charge in [-0.25, -0.2) is 22.8 Å². The van der Waals surface area contributed by atoms with E-state index >= 15 is 0 Å². The van der Waals surface area contributed by atoms with E-state index in [9.17, 15) is 36.6 Å². The van der Waals surface area contributed by atoms with Crippen molar-refractivity contribution in [2.75, 3.05) is 6.61 Å². The molecular weight excluding hydrogens is 668 g/mol. The van der Waals surface area contributed by atoms with Gasteiger partial charge in [0.1, 0.15) is 48.1 Å². The van der Waals surface area contributed by atoms with E-state index in [2.05, 4.69) is 15.2 Å². The molecule has 2 fully saturated rings. The Morgan fingerprint density at radius 2 is 1.62 bits per heavy atom. The van der Waals surface area contributed by atoms with Gasteiger partial charge >= 0.3 is 6.18 Å². The van der Waals surface area contributed by atoms with E-state index < -0.39 is 71.4 Å². The summed E-state index contributed by atoms with van der Waals surface area (Å²) in [6.45, 7) is 1.23. The molecule has 6 atom stereocenters. The summed E-state index contributed by atoms with van der Waals surface area (Å²) in [5, 5.41) is 31.6. The number of ether oxygens (including phenoxy) is 2. The zero-order valence-corrected chi connectivity index (χ0v) is 25.4. The average Bonchev–Trinajstić information content (AvgIpc) is 3.76. The number of aliphatic hydroxyl groups excluding tert-OH is 2. The van der Waals surface area contributed by atoms with Crippen LogP contribution in [0, 0.1) is 24.4 Å². The van der Waals surface area contributed by atoms with Gasteiger partial charge in [-0.2, -0.15) is 23.4 Å². The topological polar surface area (TPSA) is 107 Å². The molecular formula is C32H24ClF6N5O4. The van der Waals surface area contributed by atoms with Crippen molar-refractivity contribution in [1.29, 1.82) is 0 Å². The van der Waals surface area contributed by atoms with E-state index in [1.807, 2.05) is 0 Å². The predicted molar refractivity (Wildman–Crippen MR) is 157 cm³/mol. The first-order chi connectivity index (χ1) is 22.8. The minimum Gasteiger partial charge on any atom is -0.388 e. The monoisotopic (exact) mass is 691 g/mol. The van der Waals surface area contributed by atoms with Gasteiger partial charge in [0.2, 0.25) is 0 Å². The molecule has 0 bridgehead atoms. The highest BCUT2D eigenvalue weighted by atomic mass is 35.5. The van der Waals surface area contributed by atoms with Gasteiger partial charge in [-0.05, 0) is 42.8 Å². The van der Waals surface area contributed by atoms with Gasteiger partial charge in [-0.15, -0.1) is 0 Å². The van der Waals surface area contributed by atoms with E-state index in [4.69, 9.17) is 21.1 Å². The van der Waals surface area contributed by atoms with Crippen LogP contribution in [0.2, 0.25) is 5.02 Å². The molecule has 0 saturated carbocycles. The van der Waals surface area contributed by atoms with E-state index in [-0.39, 0.29) is 40.1 Å². The first-order valence-electron chi connectivity index (χ1n) is 14.5. The Morgan fingerprint density at radius 3 is 2.31 bits per heavy atom. The second-order valence-electron chi connectivity index (χ2n) is 11.4. The number of hydrogen-bond acceptors (Lipinski definition) is 7. The number of aliphatic hydroxyl groups is 2. The number of hydrogen-bond donors (Lipinski definition) is 2. The molecule has 7 rings (SSSR count). The Morgan fingerprint density at radius 1 is 0.917 bits per heavy atom. The SMILES string of the molecule is Cc1nc([C@@H]2OC3C(O)CO[C@@H]3C(n3cc(-c4cc(F)c(F)c(F)c4)c(-c4ccccc4)n3)[C@@H]2O)n(-c2cc(Cl)ccc2C(F)(F)F)n1. The molecule has 2 aromatic heterocycles. The van der Waals surface area contributed by atoms with Crippen molar-refractivity contribution in [2.45, 2.75) is 49.7 Å². The summed E-state index contributed by atoms with van der Waals surface area (Å²) in [4.78, 5) is 4.31. The zero-order valence-electron chi connectivity index (χ0n) is 24.6. The van der Waals surface area contributed by atoms with Gasteiger partial charge in [0.05, 0.1) is 17.9 Å². The van der Waals surface area contributed by atoms with Crippen LogP contribution < -0.4 is 0 Å². The summed E-state index contributed by atoms with van der Waals surface area (Å²) >= 11 is 6.09. The summed E-state index contributed by atoms with van der Waals surface area (Å²) in [5.41, 5.74) is -0.735. The molecule has 0 radical (unpaired) electrons. The van der Waals surface area contributed by atoms with Gasteiger partial charge in [-0.1, -0.05) is 41.9 Å². The van der Waals surface area contributed by atoms with Crippen LogP contribution in [0.5, 0.6) is 0 Å². The molecule has 2 saturated heterocycles. The van der Waals surface area contributed by atoms with Gasteiger partial charge in [0.15, 0.2) is 23.3 Å². The van der Waals surface area contributed by atoms with E-state index in [0.29, 0.717) is 5.56 Å². The number of nitrogens with zero attached hydrogens (tertiary/aromatic N) is 5. The first kappa shape index (κ1) is 32.3. The van der Waals surface area contributed by atoms with E-state index in [1.165, 1.54) is 17.8 Å². The molecule has 16 heteroatoms. The van der Waals surface area contributed by atoms with Crippen molar-refractivity contribution in [3.05, 3.63) is 107 Å². The fourth-order valence-corrected chi connectivity index (χ4v) is 6.38. The molecule has 5 aromatic rings. The highest BCUT2D eigenvalue weighted by Gasteiger charge is 2.55. The van der Waals surface area contributed by atoms with Crippen LogP contribution in [0.15, 0.2) is 66.9 Å². The third kappa shape index (κ3) is 5.54. The van der Waals surface area contributed by atoms with Gasteiger partial charge in [-0.3, -0.25) is 4.68 Å². The molecule has 2 aliphatic heterocycles. The maximum Gasteiger partial charge on any atom is 0.418 e. The van der Waals surface area contributed by atoms with Crippen molar-refractivity contribution in [3.63, 3.8) is 0 Å². The van der Waals surface area contributed by atoms with Gasteiger partial charge in [0.25, 0.3) is 0 Å². The number of aromatic nitrogens is 5. The summed E-state index contributed by atoms with van der Waals surface area (Å²) in [6.07, 6.45) is -9.96. The lowest BCUT2D eigenvalue weighted by molar-refractivity contribution is -0.196. The number of fused-ring (bicyclic) bond motifs is 1. The molecule has 0 aliphatic carbocycles. The smallest absolute Gasteiger partial charge is 0.388 e. The standard InChI is InChI=1S/C32H24ClF6N5O4/c1-14-40-31(44(41-14)22-11-17(33)7-8-19(22)32(37,38)39)30-27(46)26(29-28(48-30)23(45)13-47-29)43-12-18(16-9-20(34)24(36)21(35)10-16)25(42-43)15-5-3-2-4-6-15/h2-12,23,26-30,45-46H,13H2,1H3/t23?,26?,27-,28?,29+,30+/m0/s1. The van der Waals surface area contributed by atoms with Crippen LogP contribution in [-0.2, 0) is 15.7 Å². The van der Waals surface area contributed by atoms with Crippen molar-refractivity contribution >= 4 is 11.6 Å². The number of rotatable bonds is 5. The van der Waals surface area contributed by atoms with E-state index in [0.717, 1.165) is 35.0 Å². The second kappa shape index (κ2) is 12.0. The zero-order chi connectivity index (χ0) is 34.1. The van der Waals surface area contributed by atoms with Crippen LogP contribution in [-0.4, -0.2) is 65.8 Å². The lowest BCUT2D eigenvalue weighted by Crippen LogP contribution is -2.52.